The Kier molecular flexibility index (Phi) is 8.29. The minimum Gasteiger partial charge on any atom is -0.464 e. The van der Waals surface area contributed by atoms with Crippen molar-refractivity contribution in [3.8, 4) is 23.0 Å². The SMILES string of the molecule is CC(=O)OC[C@@H](C)n1nnnc1-c1cccc(N)n1.C[C@H](CO)n1nnnc1-c1cccc(N)n1. The highest BCUT2D eigenvalue weighted by molar-refractivity contribution is 5.65. The summed E-state index contributed by atoms with van der Waals surface area (Å²) in [6.07, 6.45) is 0. The summed E-state index contributed by atoms with van der Waals surface area (Å²) in [5, 5.41) is 31.7. The Bertz CT molecular complexity index is 1260. The minimum absolute atomic E-state index is 0.0413. The fourth-order valence-electron chi connectivity index (χ4n) is 2.86. The van der Waals surface area contributed by atoms with E-state index in [0.29, 0.717) is 34.7 Å². The maximum absolute atomic E-state index is 10.8. The molecule has 0 bridgehead atoms. The van der Waals surface area contributed by atoms with Crippen LogP contribution in [0.3, 0.4) is 0 Å². The summed E-state index contributed by atoms with van der Waals surface area (Å²) < 4.78 is 8.00. The quantitative estimate of drug-likeness (QED) is 0.303. The molecule has 0 radical (unpaired) electrons. The molecule has 0 amide bonds. The van der Waals surface area contributed by atoms with Gasteiger partial charge < -0.3 is 21.3 Å². The third-order valence-corrected chi connectivity index (χ3v) is 4.61. The first kappa shape index (κ1) is 25.1. The molecule has 0 aliphatic heterocycles. The lowest BCUT2D eigenvalue weighted by atomic mass is 10.3. The van der Waals surface area contributed by atoms with Crippen molar-refractivity contribution in [3.05, 3.63) is 36.4 Å². The fourth-order valence-corrected chi connectivity index (χ4v) is 2.86. The molecule has 4 rings (SSSR count). The lowest BCUT2D eigenvalue weighted by Crippen LogP contribution is -2.17. The first-order chi connectivity index (χ1) is 16.8. The summed E-state index contributed by atoms with van der Waals surface area (Å²) >= 11 is 0. The van der Waals surface area contributed by atoms with Crippen LogP contribution >= 0.6 is 0 Å². The number of nitrogens with two attached hydrogens (primary N) is 2. The Hall–Kier alpha value is -4.53. The van der Waals surface area contributed by atoms with Crippen molar-refractivity contribution in [2.24, 2.45) is 0 Å². The molecule has 0 spiro atoms. The number of nitrogens with zero attached hydrogens (tertiary/aromatic N) is 10. The van der Waals surface area contributed by atoms with E-state index in [9.17, 15) is 4.79 Å². The van der Waals surface area contributed by atoms with Gasteiger partial charge in [0, 0.05) is 6.92 Å². The van der Waals surface area contributed by atoms with Gasteiger partial charge in [-0.25, -0.2) is 19.3 Å². The van der Waals surface area contributed by atoms with Gasteiger partial charge in [0.2, 0.25) is 11.6 Å². The highest BCUT2D eigenvalue weighted by Gasteiger charge is 2.17. The lowest BCUT2D eigenvalue weighted by molar-refractivity contribution is -0.142. The number of esters is 1. The maximum atomic E-state index is 10.8. The smallest absolute Gasteiger partial charge is 0.302 e. The highest BCUT2D eigenvalue weighted by Crippen LogP contribution is 2.18. The molecule has 4 heterocycles. The van der Waals surface area contributed by atoms with Gasteiger partial charge in [-0.1, -0.05) is 12.1 Å². The number of hydrogen-bond donors (Lipinski definition) is 3. The topological polar surface area (TPSA) is 212 Å². The zero-order valence-corrected chi connectivity index (χ0v) is 19.4. The van der Waals surface area contributed by atoms with E-state index in [0.717, 1.165) is 0 Å². The van der Waals surface area contributed by atoms with Gasteiger partial charge in [-0.05, 0) is 59.0 Å². The lowest BCUT2D eigenvalue weighted by Gasteiger charge is -2.12. The first-order valence-corrected chi connectivity index (χ1v) is 10.6. The Balaban J connectivity index is 0.000000198. The normalized spacial score (nSPS) is 12.3. The number of hydrogen-bond acceptors (Lipinski definition) is 13. The molecule has 0 aliphatic rings. The number of pyridine rings is 2. The second-order valence-electron chi connectivity index (χ2n) is 7.47. The third-order valence-electron chi connectivity index (χ3n) is 4.61. The van der Waals surface area contributed by atoms with Crippen LogP contribution < -0.4 is 11.5 Å². The molecule has 4 aromatic rings. The molecule has 0 unspecified atom stereocenters. The molecular weight excluding hydrogens is 456 g/mol. The van der Waals surface area contributed by atoms with Gasteiger partial charge in [-0.2, -0.15) is 0 Å². The number of carbonyl (C=O) groups is 1. The standard InChI is InChI=1S/C11H14N6O2.C9H12N6O/c1-7(6-19-8(2)18)17-11(14-15-16-17)9-4-3-5-10(12)13-9;1-6(5-16)15-9(12-13-14-15)7-3-2-4-8(10)11-7/h3-5,7H,6H2,1-2H3,(H2,12,13);2-4,6,16H,5H2,1H3,(H2,10,11)/t7-;6-/m11/s1. The van der Waals surface area contributed by atoms with Crippen LogP contribution in [-0.4, -0.2) is 74.7 Å². The summed E-state index contributed by atoms with van der Waals surface area (Å²) in [6, 6.07) is 10.0. The van der Waals surface area contributed by atoms with E-state index in [1.54, 1.807) is 41.1 Å². The average Bonchev–Trinajstić information content (AvgIpc) is 3.52. The van der Waals surface area contributed by atoms with Crippen molar-refractivity contribution in [2.75, 3.05) is 24.7 Å². The van der Waals surface area contributed by atoms with Crippen molar-refractivity contribution in [1.29, 1.82) is 0 Å². The van der Waals surface area contributed by atoms with Crippen LogP contribution in [0.2, 0.25) is 0 Å². The van der Waals surface area contributed by atoms with Crippen LogP contribution in [0, 0.1) is 0 Å². The van der Waals surface area contributed by atoms with Crippen LogP contribution in [0.1, 0.15) is 32.9 Å². The Labute approximate surface area is 200 Å². The van der Waals surface area contributed by atoms with Crippen molar-refractivity contribution in [1.82, 2.24) is 50.4 Å². The monoisotopic (exact) mass is 482 g/mol. The minimum atomic E-state index is -0.344. The van der Waals surface area contributed by atoms with Crippen LogP contribution in [0.5, 0.6) is 0 Å². The van der Waals surface area contributed by atoms with Gasteiger partial charge in [-0.15, -0.1) is 10.2 Å². The summed E-state index contributed by atoms with van der Waals surface area (Å²) in [5.74, 6) is 1.42. The van der Waals surface area contributed by atoms with Gasteiger partial charge in [0.05, 0.1) is 18.7 Å². The molecule has 4 aromatic heterocycles. The predicted molar refractivity (Wildman–Crippen MR) is 124 cm³/mol. The molecule has 35 heavy (non-hydrogen) atoms. The molecule has 184 valence electrons. The predicted octanol–water partition coefficient (Wildman–Crippen LogP) is 0.312. The van der Waals surface area contributed by atoms with E-state index in [4.69, 9.17) is 21.3 Å². The van der Waals surface area contributed by atoms with Crippen LogP contribution in [0.4, 0.5) is 11.6 Å². The summed E-state index contributed by atoms with van der Waals surface area (Å²) in [5.41, 5.74) is 12.4. The number of carbonyl (C=O) groups excluding carboxylic acids is 1. The van der Waals surface area contributed by atoms with Crippen LogP contribution in [-0.2, 0) is 9.53 Å². The van der Waals surface area contributed by atoms with Crippen molar-refractivity contribution in [3.63, 3.8) is 0 Å². The Morgan fingerprint density at radius 3 is 1.83 bits per heavy atom. The number of aliphatic hydroxyl groups is 1. The van der Waals surface area contributed by atoms with Gasteiger partial charge in [0.15, 0.2) is 0 Å². The number of anilines is 2. The molecule has 0 saturated carbocycles. The summed E-state index contributed by atoms with van der Waals surface area (Å²) in [6.45, 7) is 5.16. The highest BCUT2D eigenvalue weighted by atomic mass is 16.5. The molecule has 0 saturated heterocycles. The summed E-state index contributed by atoms with van der Waals surface area (Å²) in [4.78, 5) is 19.1. The molecule has 0 fully saturated rings. The van der Waals surface area contributed by atoms with E-state index < -0.39 is 0 Å². The number of rotatable bonds is 7. The second kappa shape index (κ2) is 11.6. The van der Waals surface area contributed by atoms with Crippen molar-refractivity contribution in [2.45, 2.75) is 32.9 Å². The molecular formula is C20H26N12O3. The zero-order valence-electron chi connectivity index (χ0n) is 19.4. The van der Waals surface area contributed by atoms with Gasteiger partial charge in [0.25, 0.3) is 0 Å². The molecule has 2 atom stereocenters. The number of aromatic nitrogens is 10. The molecule has 0 aliphatic carbocycles. The Morgan fingerprint density at radius 1 is 0.914 bits per heavy atom. The number of nitrogen functional groups attached to an aromatic ring is 2. The third kappa shape index (κ3) is 6.50. The van der Waals surface area contributed by atoms with Gasteiger partial charge in [0.1, 0.15) is 29.6 Å². The van der Waals surface area contributed by atoms with E-state index in [-0.39, 0.29) is 31.3 Å². The van der Waals surface area contributed by atoms with E-state index in [1.807, 2.05) is 13.8 Å². The van der Waals surface area contributed by atoms with Crippen LogP contribution in [0.15, 0.2) is 36.4 Å². The molecule has 5 N–H and O–H groups in total. The van der Waals surface area contributed by atoms with E-state index in [1.165, 1.54) is 11.6 Å². The fraction of sp³-hybridized carbons (Fsp3) is 0.350. The Morgan fingerprint density at radius 2 is 1.40 bits per heavy atom. The second-order valence-corrected chi connectivity index (χ2v) is 7.47. The van der Waals surface area contributed by atoms with Gasteiger partial charge in [-0.3, -0.25) is 4.79 Å². The largest absolute Gasteiger partial charge is 0.464 e. The summed E-state index contributed by atoms with van der Waals surface area (Å²) in [7, 11) is 0. The van der Waals surface area contributed by atoms with Gasteiger partial charge >= 0.3 is 5.97 Å². The molecule has 15 nitrogen and oxygen atoms in total. The van der Waals surface area contributed by atoms with E-state index >= 15 is 0 Å². The zero-order chi connectivity index (χ0) is 25.4. The number of tetrazole rings is 2. The first-order valence-electron chi connectivity index (χ1n) is 10.6. The maximum Gasteiger partial charge on any atom is 0.302 e. The molecule has 0 aromatic carbocycles. The molecule has 15 heteroatoms. The number of ether oxygens (including phenoxy) is 1. The van der Waals surface area contributed by atoms with Crippen molar-refractivity contribution >= 4 is 17.6 Å². The average molecular weight is 483 g/mol. The van der Waals surface area contributed by atoms with Crippen molar-refractivity contribution < 1.29 is 14.6 Å². The van der Waals surface area contributed by atoms with E-state index in [2.05, 4.69) is 41.0 Å². The number of aliphatic hydroxyl groups excluding tert-OH is 1. The van der Waals surface area contributed by atoms with Crippen LogP contribution in [0.25, 0.3) is 23.0 Å².